The molecule has 0 amide bonds. The molecule has 4 heterocycles. The van der Waals surface area contributed by atoms with Crippen LogP contribution >= 0.6 is 7.82 Å². The van der Waals surface area contributed by atoms with Gasteiger partial charge in [-0.1, -0.05) is 144 Å². The first-order valence-electron chi connectivity index (χ1n) is 25.6. The molecule has 0 unspecified atom stereocenters. The minimum atomic E-state index is -4.35. The van der Waals surface area contributed by atoms with Gasteiger partial charge >= 0.3 is 13.8 Å². The van der Waals surface area contributed by atoms with Crippen molar-refractivity contribution in [3.05, 3.63) is 146 Å². The molecule has 11 nitrogen and oxygen atoms in total. The SMILES string of the molecule is C[C@@H]1C[C@H](O[Si](c2ccccc2)(c2ccccc2)C(C)(C)C)[C@@H](CCOC(=O)C(C)(C)C)O[C@H]2C[C@H]3O[C@H]4C/C=C\C/C=C(/OP(=O)(Oc5ccccc5)Oc5ccccc5)O[C@@H]4[C@@H](C)C[C@@H]3O[C@]2(C)C1. The fourth-order valence-electron chi connectivity index (χ4n) is 10.9. The van der Waals surface area contributed by atoms with Gasteiger partial charge < -0.3 is 41.7 Å². The quantitative estimate of drug-likeness (QED) is 0.0551. The van der Waals surface area contributed by atoms with Crippen LogP contribution in [-0.4, -0.2) is 69.2 Å². The van der Waals surface area contributed by atoms with Crippen LogP contribution in [0.2, 0.25) is 5.04 Å². The molecule has 3 saturated heterocycles. The molecule has 382 valence electrons. The maximum Gasteiger partial charge on any atom is 0.649 e. The Hall–Kier alpha value is -4.68. The molecule has 4 aliphatic rings. The highest BCUT2D eigenvalue weighted by Crippen LogP contribution is 2.53. The molecule has 3 fully saturated rings. The summed E-state index contributed by atoms with van der Waals surface area (Å²) < 4.78 is 75.7. The topological polar surface area (TPSA) is 117 Å². The number of carbonyl (C=O) groups excluding carboxylic acids is 1. The number of rotatable bonds is 13. The summed E-state index contributed by atoms with van der Waals surface area (Å²) in [5.41, 5.74) is -1.32. The van der Waals surface area contributed by atoms with Crippen LogP contribution in [0.15, 0.2) is 146 Å². The first-order chi connectivity index (χ1) is 33.8. The molecule has 4 aromatic carbocycles. The van der Waals surface area contributed by atoms with Crippen molar-refractivity contribution in [3.63, 3.8) is 0 Å². The lowest BCUT2D eigenvalue weighted by atomic mass is 9.77. The van der Waals surface area contributed by atoms with Crippen molar-refractivity contribution in [3.8, 4) is 11.5 Å². The van der Waals surface area contributed by atoms with Gasteiger partial charge in [0, 0.05) is 18.9 Å². The van der Waals surface area contributed by atoms with Crippen molar-refractivity contribution in [2.75, 3.05) is 6.61 Å². The summed E-state index contributed by atoms with van der Waals surface area (Å²) in [4.78, 5) is 13.2. The van der Waals surface area contributed by atoms with E-state index in [4.69, 9.17) is 41.7 Å². The molecular weight excluding hydrogens is 932 g/mol. The molecule has 0 spiro atoms. The normalized spacial score (nSPS) is 29.6. The minimum Gasteiger partial charge on any atom is -0.465 e. The molecule has 13 heteroatoms. The van der Waals surface area contributed by atoms with E-state index in [9.17, 15) is 9.36 Å². The van der Waals surface area contributed by atoms with Gasteiger partial charge in [0.25, 0.3) is 14.3 Å². The Morgan fingerprint density at radius 1 is 0.718 bits per heavy atom. The first-order valence-corrected chi connectivity index (χ1v) is 29.0. The van der Waals surface area contributed by atoms with Gasteiger partial charge in [0.2, 0.25) is 0 Å². The molecule has 8 rings (SSSR count). The van der Waals surface area contributed by atoms with Crippen molar-refractivity contribution < 1.29 is 51.0 Å². The highest BCUT2D eigenvalue weighted by atomic mass is 31.2. The van der Waals surface area contributed by atoms with Crippen LogP contribution in [0.1, 0.15) is 107 Å². The maximum absolute atomic E-state index is 14.6. The van der Waals surface area contributed by atoms with Crippen molar-refractivity contribution >= 4 is 32.5 Å². The molecule has 10 atom stereocenters. The number of phosphoric ester groups is 1. The predicted molar refractivity (Wildman–Crippen MR) is 279 cm³/mol. The van der Waals surface area contributed by atoms with Gasteiger partial charge in [-0.05, 0) is 111 Å². The first kappa shape index (κ1) is 52.6. The van der Waals surface area contributed by atoms with Crippen LogP contribution in [0.5, 0.6) is 11.5 Å². The lowest BCUT2D eigenvalue weighted by molar-refractivity contribution is -0.272. The van der Waals surface area contributed by atoms with Gasteiger partial charge in [0.05, 0.1) is 54.2 Å². The second-order valence-electron chi connectivity index (χ2n) is 22.2. The summed E-state index contributed by atoms with van der Waals surface area (Å²) in [6, 6.07) is 39.1. The van der Waals surface area contributed by atoms with E-state index in [1.807, 2.05) is 39.0 Å². The second-order valence-corrected chi connectivity index (χ2v) is 27.9. The fraction of sp³-hybridized carbons (Fsp3) is 0.500. The summed E-state index contributed by atoms with van der Waals surface area (Å²) in [6.45, 7) is 19.4. The number of benzene rings is 4. The molecule has 0 N–H and O–H groups in total. The van der Waals surface area contributed by atoms with Crippen LogP contribution in [-0.2, 0) is 42.0 Å². The Morgan fingerprint density at radius 2 is 1.30 bits per heavy atom. The number of hydrogen-bond acceptors (Lipinski definition) is 11. The standard InChI is InChI=1S/C58H75O11PSi/c1-41-37-51(69-71(57(6,7)8,45-29-19-12-20-30-45)46-31-21-13-22-32-46)47(35-36-61-55(59)56(3,4)5)63-52-39-49-50(65-58(52,9)40-41)38-42(2)54-48(62-49)33-23-14-24-34-53(64-54)68-70(60,66-43-25-15-10-16-26-43)67-44-27-17-11-18-28-44/h10-23,25-32,34,41-42,47-52,54H,24,33,35-40H2,1-9H3/b23-14-,53-34+/t41-,42+,47-,48+,49-,50+,51+,52+,54-,58-/m1/s1. The number of para-hydroxylation sites is 2. The molecule has 0 aromatic heterocycles. The Bertz CT molecular complexity index is 2370. The van der Waals surface area contributed by atoms with Gasteiger partial charge in [-0.15, -0.1) is 0 Å². The molecule has 0 saturated carbocycles. The Morgan fingerprint density at radius 3 is 1.86 bits per heavy atom. The lowest BCUT2D eigenvalue weighted by Crippen LogP contribution is -2.69. The maximum atomic E-state index is 14.6. The van der Waals surface area contributed by atoms with Crippen LogP contribution in [0.4, 0.5) is 0 Å². The van der Waals surface area contributed by atoms with Gasteiger partial charge in [0.15, 0.2) is 0 Å². The van der Waals surface area contributed by atoms with Gasteiger partial charge in [0.1, 0.15) is 17.6 Å². The van der Waals surface area contributed by atoms with E-state index in [1.54, 1.807) is 54.6 Å². The summed E-state index contributed by atoms with van der Waals surface area (Å²) in [6.07, 6.45) is 7.39. The van der Waals surface area contributed by atoms with E-state index in [0.29, 0.717) is 43.6 Å². The largest absolute Gasteiger partial charge is 0.649 e. The summed E-state index contributed by atoms with van der Waals surface area (Å²) >= 11 is 0. The van der Waals surface area contributed by atoms with Gasteiger partial charge in [-0.3, -0.25) is 4.79 Å². The van der Waals surface area contributed by atoms with Crippen LogP contribution < -0.4 is 19.4 Å². The third-order valence-electron chi connectivity index (χ3n) is 14.3. The monoisotopic (exact) mass is 1010 g/mol. The molecule has 0 aliphatic carbocycles. The molecule has 0 bridgehead atoms. The molecular formula is C58H75O11PSi. The predicted octanol–water partition coefficient (Wildman–Crippen LogP) is 12.3. The summed E-state index contributed by atoms with van der Waals surface area (Å²) in [5.74, 6) is 0.546. The average molecular weight is 1010 g/mol. The van der Waals surface area contributed by atoms with E-state index in [-0.39, 0.29) is 59.8 Å². The van der Waals surface area contributed by atoms with E-state index >= 15 is 0 Å². The van der Waals surface area contributed by atoms with Crippen molar-refractivity contribution in [2.24, 2.45) is 17.3 Å². The highest BCUT2D eigenvalue weighted by Gasteiger charge is 2.56. The third-order valence-corrected chi connectivity index (χ3v) is 20.6. The highest BCUT2D eigenvalue weighted by molar-refractivity contribution is 7.49. The van der Waals surface area contributed by atoms with Crippen LogP contribution in [0.25, 0.3) is 0 Å². The average Bonchev–Trinajstić information content (AvgIpc) is 3.36. The molecule has 4 aliphatic heterocycles. The van der Waals surface area contributed by atoms with Crippen LogP contribution in [0.3, 0.4) is 0 Å². The number of hydrogen-bond donors (Lipinski definition) is 0. The van der Waals surface area contributed by atoms with Gasteiger partial charge in [-0.25, -0.2) is 0 Å². The van der Waals surface area contributed by atoms with Crippen molar-refractivity contribution in [2.45, 2.75) is 161 Å². The van der Waals surface area contributed by atoms with E-state index in [2.05, 4.69) is 108 Å². The smallest absolute Gasteiger partial charge is 0.465 e. The number of allylic oxidation sites excluding steroid dienone is 2. The Labute approximate surface area is 423 Å². The second kappa shape index (κ2) is 22.2. The number of carbonyl (C=O) groups is 1. The lowest BCUT2D eigenvalue weighted by Gasteiger charge is -2.53. The van der Waals surface area contributed by atoms with Gasteiger partial charge in [-0.2, -0.15) is 4.57 Å². The number of phosphoric acid groups is 1. The molecule has 0 radical (unpaired) electrons. The third kappa shape index (κ3) is 12.6. The zero-order valence-electron chi connectivity index (χ0n) is 43.1. The molecule has 4 aromatic rings. The number of fused-ring (bicyclic) bond motifs is 3. The van der Waals surface area contributed by atoms with Crippen LogP contribution in [0, 0.1) is 17.3 Å². The zero-order valence-corrected chi connectivity index (χ0v) is 45.0. The zero-order chi connectivity index (χ0) is 50.4. The van der Waals surface area contributed by atoms with E-state index in [0.717, 1.165) is 12.8 Å². The Balaban J connectivity index is 1.09. The van der Waals surface area contributed by atoms with Crippen molar-refractivity contribution in [1.29, 1.82) is 0 Å². The van der Waals surface area contributed by atoms with E-state index in [1.165, 1.54) is 10.4 Å². The fourth-order valence-corrected chi connectivity index (χ4v) is 16.8. The number of esters is 1. The van der Waals surface area contributed by atoms with Crippen molar-refractivity contribution in [1.82, 2.24) is 0 Å². The Kier molecular flexibility index (Phi) is 16.5. The minimum absolute atomic E-state index is 0.0377. The molecule has 71 heavy (non-hydrogen) atoms. The summed E-state index contributed by atoms with van der Waals surface area (Å²) in [5, 5.41) is 2.12. The number of ether oxygens (including phenoxy) is 5. The summed E-state index contributed by atoms with van der Waals surface area (Å²) in [7, 11) is -7.40. The van der Waals surface area contributed by atoms with E-state index < -0.39 is 45.5 Å².